The zero-order valence-electron chi connectivity index (χ0n) is 11.4. The summed E-state index contributed by atoms with van der Waals surface area (Å²) in [5.41, 5.74) is 1.09. The monoisotopic (exact) mass is 239 g/mol. The molecule has 0 bridgehead atoms. The molecule has 0 spiro atoms. The van der Waals surface area contributed by atoms with Gasteiger partial charge in [0.1, 0.15) is 0 Å². The maximum Gasteiger partial charge on any atom is 0.0950 e. The van der Waals surface area contributed by atoms with Crippen LogP contribution in [0.2, 0.25) is 0 Å². The molecule has 0 amide bonds. The van der Waals surface area contributed by atoms with E-state index < -0.39 is 0 Å². The summed E-state index contributed by atoms with van der Waals surface area (Å²) in [5.74, 6) is 0.677. The number of nitrogens with zero attached hydrogens (tertiary/aromatic N) is 2. The van der Waals surface area contributed by atoms with Crippen LogP contribution in [0.3, 0.4) is 0 Å². The highest BCUT2D eigenvalue weighted by Gasteiger charge is 2.00. The molecule has 1 N–H and O–H groups in total. The van der Waals surface area contributed by atoms with Gasteiger partial charge in [-0.15, -0.1) is 0 Å². The van der Waals surface area contributed by atoms with Crippen LogP contribution in [0.5, 0.6) is 0 Å². The lowest BCUT2D eigenvalue weighted by atomic mass is 10.2. The summed E-state index contributed by atoms with van der Waals surface area (Å²) in [6, 6.07) is 0. The van der Waals surface area contributed by atoms with Crippen molar-refractivity contribution in [2.75, 3.05) is 13.2 Å². The SMILES string of the molecule is CC(C)CNCc1cn(CCOC(C)C)cn1. The molecular formula is C13H25N3O. The van der Waals surface area contributed by atoms with Gasteiger partial charge in [-0.1, -0.05) is 13.8 Å². The first-order chi connectivity index (χ1) is 8.08. The van der Waals surface area contributed by atoms with Crippen LogP contribution in [0, 0.1) is 5.92 Å². The van der Waals surface area contributed by atoms with E-state index in [1.807, 2.05) is 6.33 Å². The minimum absolute atomic E-state index is 0.297. The second-order valence-electron chi connectivity index (χ2n) is 5.05. The van der Waals surface area contributed by atoms with E-state index in [0.29, 0.717) is 12.0 Å². The van der Waals surface area contributed by atoms with Crippen LogP contribution < -0.4 is 5.32 Å². The molecule has 4 nitrogen and oxygen atoms in total. The minimum Gasteiger partial charge on any atom is -0.377 e. The van der Waals surface area contributed by atoms with Gasteiger partial charge in [-0.3, -0.25) is 0 Å². The number of imidazole rings is 1. The van der Waals surface area contributed by atoms with E-state index in [1.165, 1.54) is 0 Å². The molecule has 0 aliphatic rings. The van der Waals surface area contributed by atoms with Gasteiger partial charge in [-0.25, -0.2) is 4.98 Å². The molecule has 0 fully saturated rings. The molecule has 0 unspecified atom stereocenters. The Bertz CT molecular complexity index is 279. The molecule has 0 aromatic carbocycles. The topological polar surface area (TPSA) is 39.1 Å². The molecule has 1 aromatic rings. The number of nitrogens with one attached hydrogen (secondary N) is 1. The van der Waals surface area contributed by atoms with Crippen LogP contribution in [-0.2, 0) is 17.8 Å². The summed E-state index contributed by atoms with van der Waals surface area (Å²) in [6.07, 6.45) is 4.25. The lowest BCUT2D eigenvalue weighted by molar-refractivity contribution is 0.0727. The molecule has 0 aliphatic heterocycles. The first-order valence-electron chi connectivity index (χ1n) is 6.41. The Kier molecular flexibility index (Phi) is 6.22. The van der Waals surface area contributed by atoms with Gasteiger partial charge in [0, 0.05) is 19.3 Å². The fourth-order valence-corrected chi connectivity index (χ4v) is 1.50. The molecule has 0 aliphatic carbocycles. The smallest absolute Gasteiger partial charge is 0.0950 e. The van der Waals surface area contributed by atoms with E-state index in [9.17, 15) is 0 Å². The predicted molar refractivity (Wildman–Crippen MR) is 69.9 cm³/mol. The number of hydrogen-bond acceptors (Lipinski definition) is 3. The molecule has 1 rings (SSSR count). The van der Waals surface area contributed by atoms with Gasteiger partial charge in [-0.05, 0) is 26.3 Å². The molecule has 17 heavy (non-hydrogen) atoms. The van der Waals surface area contributed by atoms with Gasteiger partial charge >= 0.3 is 0 Å². The summed E-state index contributed by atoms with van der Waals surface area (Å²) in [7, 11) is 0. The normalized spacial score (nSPS) is 11.6. The van der Waals surface area contributed by atoms with Crippen molar-refractivity contribution in [1.82, 2.24) is 14.9 Å². The van der Waals surface area contributed by atoms with Gasteiger partial charge < -0.3 is 14.6 Å². The summed E-state index contributed by atoms with van der Waals surface area (Å²) in [6.45, 7) is 12.0. The Labute approximate surface area is 104 Å². The largest absolute Gasteiger partial charge is 0.377 e. The average molecular weight is 239 g/mol. The van der Waals surface area contributed by atoms with Gasteiger partial charge in [0.15, 0.2) is 0 Å². The molecule has 1 aromatic heterocycles. The van der Waals surface area contributed by atoms with E-state index in [4.69, 9.17) is 4.74 Å². The van der Waals surface area contributed by atoms with E-state index >= 15 is 0 Å². The van der Waals surface area contributed by atoms with Crippen LogP contribution in [0.15, 0.2) is 12.5 Å². The van der Waals surface area contributed by atoms with Crippen LogP contribution in [0.25, 0.3) is 0 Å². The first kappa shape index (κ1) is 14.2. The van der Waals surface area contributed by atoms with Crippen molar-refractivity contribution < 1.29 is 4.74 Å². The Morgan fingerprint density at radius 3 is 2.76 bits per heavy atom. The maximum absolute atomic E-state index is 5.50. The Morgan fingerprint density at radius 1 is 1.35 bits per heavy atom. The van der Waals surface area contributed by atoms with Gasteiger partial charge in [0.25, 0.3) is 0 Å². The van der Waals surface area contributed by atoms with Crippen LogP contribution in [0.4, 0.5) is 0 Å². The number of aromatic nitrogens is 2. The Hall–Kier alpha value is -0.870. The molecule has 1 heterocycles. The zero-order chi connectivity index (χ0) is 12.7. The summed E-state index contributed by atoms with van der Waals surface area (Å²) >= 11 is 0. The van der Waals surface area contributed by atoms with E-state index in [-0.39, 0.29) is 0 Å². The number of ether oxygens (including phenoxy) is 1. The first-order valence-corrected chi connectivity index (χ1v) is 6.41. The predicted octanol–water partition coefficient (Wildman–Crippen LogP) is 2.05. The van der Waals surface area contributed by atoms with Crippen molar-refractivity contribution in [3.8, 4) is 0 Å². The highest BCUT2D eigenvalue weighted by molar-refractivity contribution is 4.96. The fourth-order valence-electron chi connectivity index (χ4n) is 1.50. The highest BCUT2D eigenvalue weighted by atomic mass is 16.5. The Morgan fingerprint density at radius 2 is 2.12 bits per heavy atom. The van der Waals surface area contributed by atoms with Crippen LogP contribution in [0.1, 0.15) is 33.4 Å². The van der Waals surface area contributed by atoms with E-state index in [0.717, 1.165) is 31.9 Å². The van der Waals surface area contributed by atoms with Crippen molar-refractivity contribution in [3.05, 3.63) is 18.2 Å². The Balaban J connectivity index is 2.23. The second-order valence-corrected chi connectivity index (χ2v) is 5.05. The van der Waals surface area contributed by atoms with Crippen molar-refractivity contribution in [2.24, 2.45) is 5.92 Å². The zero-order valence-corrected chi connectivity index (χ0v) is 11.4. The average Bonchev–Trinajstić information content (AvgIpc) is 2.65. The van der Waals surface area contributed by atoms with Crippen LogP contribution in [-0.4, -0.2) is 28.8 Å². The number of hydrogen-bond donors (Lipinski definition) is 1. The lowest BCUT2D eigenvalue weighted by Gasteiger charge is -2.07. The molecule has 0 radical (unpaired) electrons. The van der Waals surface area contributed by atoms with E-state index in [2.05, 4.69) is 48.8 Å². The molecule has 98 valence electrons. The molecule has 0 saturated carbocycles. The summed E-state index contributed by atoms with van der Waals surface area (Å²) in [4.78, 5) is 4.36. The van der Waals surface area contributed by atoms with Gasteiger partial charge in [0.2, 0.25) is 0 Å². The van der Waals surface area contributed by atoms with Gasteiger partial charge in [-0.2, -0.15) is 0 Å². The highest BCUT2D eigenvalue weighted by Crippen LogP contribution is 1.98. The molecular weight excluding hydrogens is 214 g/mol. The number of rotatable bonds is 8. The van der Waals surface area contributed by atoms with Crippen LogP contribution >= 0.6 is 0 Å². The van der Waals surface area contributed by atoms with Gasteiger partial charge in [0.05, 0.1) is 24.7 Å². The molecule has 0 atom stereocenters. The van der Waals surface area contributed by atoms with Crippen molar-refractivity contribution in [2.45, 2.75) is 46.9 Å². The third-order valence-corrected chi connectivity index (χ3v) is 2.35. The summed E-state index contributed by atoms with van der Waals surface area (Å²) < 4.78 is 7.58. The molecule has 0 saturated heterocycles. The van der Waals surface area contributed by atoms with Crippen molar-refractivity contribution in [1.29, 1.82) is 0 Å². The fraction of sp³-hybridized carbons (Fsp3) is 0.769. The molecule has 4 heteroatoms. The van der Waals surface area contributed by atoms with E-state index in [1.54, 1.807) is 0 Å². The maximum atomic E-state index is 5.50. The standard InChI is InChI=1S/C13H25N3O/c1-11(2)7-14-8-13-9-16(10-15-13)5-6-17-12(3)4/h9-12,14H,5-8H2,1-4H3. The summed E-state index contributed by atoms with van der Waals surface area (Å²) in [5, 5.41) is 3.38. The van der Waals surface area contributed by atoms with Crippen molar-refractivity contribution in [3.63, 3.8) is 0 Å². The second kappa shape index (κ2) is 7.45. The third-order valence-electron chi connectivity index (χ3n) is 2.35. The lowest BCUT2D eigenvalue weighted by Crippen LogP contribution is -2.19. The van der Waals surface area contributed by atoms with Crippen molar-refractivity contribution >= 4 is 0 Å². The minimum atomic E-state index is 0.297. The quantitative estimate of drug-likeness (QED) is 0.754. The third kappa shape index (κ3) is 6.44.